The molecular formula is C25H29F2N5O3. The molecule has 0 fully saturated rings. The lowest BCUT2D eigenvalue weighted by Gasteiger charge is -2.24. The number of alkyl halides is 2. The highest BCUT2D eigenvalue weighted by molar-refractivity contribution is 6.05. The van der Waals surface area contributed by atoms with E-state index >= 15 is 0 Å². The van der Waals surface area contributed by atoms with Crippen molar-refractivity contribution >= 4 is 11.6 Å². The third-order valence-corrected chi connectivity index (χ3v) is 5.36. The zero-order chi connectivity index (χ0) is 25.4. The predicted octanol–water partition coefficient (Wildman–Crippen LogP) is 4.69. The molecule has 3 aromatic rings. The maximum absolute atomic E-state index is 13.9. The molecule has 0 aliphatic rings. The molecule has 0 aliphatic heterocycles. The molecule has 0 atom stereocenters. The van der Waals surface area contributed by atoms with Crippen LogP contribution >= 0.6 is 0 Å². The Balaban J connectivity index is 1.68. The molecule has 0 aliphatic carbocycles. The van der Waals surface area contributed by atoms with Crippen molar-refractivity contribution < 1.29 is 18.1 Å². The molecule has 0 radical (unpaired) electrons. The number of hydrogen-bond acceptors (Lipinski definition) is 6. The quantitative estimate of drug-likeness (QED) is 0.295. The van der Waals surface area contributed by atoms with Crippen molar-refractivity contribution in [2.75, 3.05) is 18.1 Å². The number of amides is 1. The fourth-order valence-electron chi connectivity index (χ4n) is 3.47. The summed E-state index contributed by atoms with van der Waals surface area (Å²) in [4.78, 5) is 30.3. The largest absolute Gasteiger partial charge is 0.336 e. The maximum atomic E-state index is 13.9. The summed E-state index contributed by atoms with van der Waals surface area (Å²) < 4.78 is 31.7. The third-order valence-electron chi connectivity index (χ3n) is 5.36. The number of aromatic nitrogens is 4. The van der Waals surface area contributed by atoms with Crippen LogP contribution in [-0.2, 0) is 16.9 Å². The minimum atomic E-state index is -1.69. The molecule has 3 rings (SSSR count). The van der Waals surface area contributed by atoms with E-state index < -0.39 is 12.3 Å². The molecule has 35 heavy (non-hydrogen) atoms. The van der Waals surface area contributed by atoms with Crippen LogP contribution < -0.4 is 10.5 Å². The van der Waals surface area contributed by atoms with Gasteiger partial charge in [-0.15, -0.1) is 0 Å². The Kier molecular flexibility index (Phi) is 8.62. The lowest BCUT2D eigenvalue weighted by atomic mass is 10.1. The van der Waals surface area contributed by atoms with Crippen LogP contribution in [0.5, 0.6) is 0 Å². The van der Waals surface area contributed by atoms with Gasteiger partial charge in [0, 0.05) is 42.3 Å². The molecule has 2 heterocycles. The zero-order valence-corrected chi connectivity index (χ0v) is 19.9. The molecule has 2 aromatic heterocycles. The van der Waals surface area contributed by atoms with E-state index in [1.54, 1.807) is 23.1 Å². The molecule has 186 valence electrons. The Morgan fingerprint density at radius 3 is 2.69 bits per heavy atom. The summed E-state index contributed by atoms with van der Waals surface area (Å²) in [5, 5.41) is 9.97. The summed E-state index contributed by atoms with van der Waals surface area (Å²) in [6.07, 6.45) is 4.13. The molecule has 1 amide bonds. The van der Waals surface area contributed by atoms with Gasteiger partial charge in [0.2, 0.25) is 0 Å². The Hall–Kier alpha value is -3.69. The first-order valence-electron chi connectivity index (χ1n) is 11.4. The molecule has 1 N–H and O–H groups in total. The average Bonchev–Trinajstić information content (AvgIpc) is 3.31. The topological polar surface area (TPSA) is 105 Å². The monoisotopic (exact) mass is 485 g/mol. The number of hydrogen-bond donors (Lipinski definition) is 1. The van der Waals surface area contributed by atoms with Gasteiger partial charge in [-0.25, -0.2) is 9.49 Å². The first kappa shape index (κ1) is 25.9. The number of carbonyl (C=O) groups excluding carboxylic acids is 1. The van der Waals surface area contributed by atoms with Crippen molar-refractivity contribution in [1.82, 2.24) is 20.3 Å². The first-order chi connectivity index (χ1) is 16.7. The van der Waals surface area contributed by atoms with Gasteiger partial charge in [0.05, 0.1) is 12.9 Å². The van der Waals surface area contributed by atoms with E-state index in [0.29, 0.717) is 36.5 Å². The van der Waals surface area contributed by atoms with E-state index in [1.807, 2.05) is 6.07 Å². The minimum absolute atomic E-state index is 0.0436. The van der Waals surface area contributed by atoms with Crippen LogP contribution in [0.15, 0.2) is 58.0 Å². The molecular weight excluding hydrogens is 456 g/mol. The Labute approximate surface area is 202 Å². The highest BCUT2D eigenvalue weighted by Gasteiger charge is 2.26. The molecule has 8 nitrogen and oxygen atoms in total. The van der Waals surface area contributed by atoms with Gasteiger partial charge in [-0.2, -0.15) is 10.1 Å². The van der Waals surface area contributed by atoms with Crippen LogP contribution in [0.25, 0.3) is 11.1 Å². The van der Waals surface area contributed by atoms with E-state index in [2.05, 4.69) is 26.9 Å². The maximum Gasteiger partial charge on any atom is 0.264 e. The standard InChI is InChI=1S/C25H29F2N5O3/c1-17(11-12-26)23(34)32(13-6-4-5-10-21-29-24(35-31-21)25(2,3)27)20-9-7-8-18(14-20)19-15-22(33)30-28-16-19/h7-9,14-16H,1,4-6,10-13H2,2-3H3,(H,30,33). The number of benzene rings is 1. The SMILES string of the molecule is C=C(CCF)C(=O)N(CCCCCc1noc(C(C)(C)F)n1)c1cccc(-c2cn[nH]c(=O)c2)c1. The first-order valence-corrected chi connectivity index (χ1v) is 11.4. The summed E-state index contributed by atoms with van der Waals surface area (Å²) in [5.41, 5.74) is 0.109. The van der Waals surface area contributed by atoms with Gasteiger partial charge in [-0.05, 0) is 44.4 Å². The van der Waals surface area contributed by atoms with Crippen molar-refractivity contribution in [1.29, 1.82) is 0 Å². The number of aromatic amines is 1. The highest BCUT2D eigenvalue weighted by atomic mass is 19.1. The lowest BCUT2D eigenvalue weighted by molar-refractivity contribution is -0.115. The number of nitrogens with one attached hydrogen (secondary N) is 1. The van der Waals surface area contributed by atoms with Gasteiger partial charge < -0.3 is 9.42 Å². The number of carbonyl (C=O) groups is 1. The van der Waals surface area contributed by atoms with Crippen molar-refractivity contribution in [2.24, 2.45) is 0 Å². The molecule has 0 spiro atoms. The van der Waals surface area contributed by atoms with E-state index in [-0.39, 0.29) is 29.4 Å². The van der Waals surface area contributed by atoms with Crippen molar-refractivity contribution in [3.63, 3.8) is 0 Å². The predicted molar refractivity (Wildman–Crippen MR) is 128 cm³/mol. The van der Waals surface area contributed by atoms with Gasteiger partial charge in [0.1, 0.15) is 0 Å². The molecule has 0 bridgehead atoms. The second-order valence-electron chi connectivity index (χ2n) is 8.68. The molecule has 0 unspecified atom stereocenters. The van der Waals surface area contributed by atoms with Crippen molar-refractivity contribution in [2.45, 2.75) is 51.6 Å². The molecule has 0 saturated heterocycles. The lowest BCUT2D eigenvalue weighted by Crippen LogP contribution is -2.33. The van der Waals surface area contributed by atoms with Crippen molar-refractivity contribution in [3.05, 3.63) is 70.7 Å². The number of unbranched alkanes of at least 4 members (excludes halogenated alkanes) is 2. The third kappa shape index (κ3) is 7.14. The smallest absolute Gasteiger partial charge is 0.264 e. The van der Waals surface area contributed by atoms with Gasteiger partial charge in [0.15, 0.2) is 11.5 Å². The van der Waals surface area contributed by atoms with Gasteiger partial charge in [-0.1, -0.05) is 30.3 Å². The van der Waals surface area contributed by atoms with E-state index in [0.717, 1.165) is 18.4 Å². The second kappa shape index (κ2) is 11.6. The van der Waals surface area contributed by atoms with Crippen LogP contribution in [0.2, 0.25) is 0 Å². The molecule has 0 saturated carbocycles. The normalized spacial score (nSPS) is 11.4. The summed E-state index contributed by atoms with van der Waals surface area (Å²) in [5.74, 6) is 0.0390. The van der Waals surface area contributed by atoms with E-state index in [1.165, 1.54) is 26.1 Å². The zero-order valence-electron chi connectivity index (χ0n) is 19.9. The second-order valence-corrected chi connectivity index (χ2v) is 8.68. The number of anilines is 1. The Morgan fingerprint density at radius 2 is 2.00 bits per heavy atom. The molecule has 10 heteroatoms. The highest BCUT2D eigenvalue weighted by Crippen LogP contribution is 2.26. The van der Waals surface area contributed by atoms with E-state index in [4.69, 9.17) is 4.52 Å². The summed E-state index contributed by atoms with van der Waals surface area (Å²) in [6, 6.07) is 8.59. The van der Waals surface area contributed by atoms with Crippen LogP contribution in [0.4, 0.5) is 14.5 Å². The van der Waals surface area contributed by atoms with Gasteiger partial charge >= 0.3 is 0 Å². The van der Waals surface area contributed by atoms with Crippen LogP contribution in [0.1, 0.15) is 51.2 Å². The fourth-order valence-corrected chi connectivity index (χ4v) is 3.47. The summed E-state index contributed by atoms with van der Waals surface area (Å²) >= 11 is 0. The fraction of sp³-hybridized carbons (Fsp3) is 0.400. The van der Waals surface area contributed by atoms with Crippen LogP contribution in [0.3, 0.4) is 0 Å². The Bertz CT molecular complexity index is 1220. The number of nitrogens with zero attached hydrogens (tertiary/aromatic N) is 4. The van der Waals surface area contributed by atoms with E-state index in [9.17, 15) is 18.4 Å². The Morgan fingerprint density at radius 1 is 1.20 bits per heavy atom. The van der Waals surface area contributed by atoms with Gasteiger partial charge in [-0.3, -0.25) is 14.0 Å². The average molecular weight is 486 g/mol. The number of halogens is 2. The van der Waals surface area contributed by atoms with Crippen LogP contribution in [0, 0.1) is 0 Å². The van der Waals surface area contributed by atoms with Gasteiger partial charge in [0.25, 0.3) is 17.4 Å². The molecule has 1 aromatic carbocycles. The number of rotatable bonds is 12. The number of aryl methyl sites for hydroxylation is 1. The summed E-state index contributed by atoms with van der Waals surface area (Å²) in [7, 11) is 0. The minimum Gasteiger partial charge on any atom is -0.336 e. The van der Waals surface area contributed by atoms with Crippen LogP contribution in [-0.4, -0.2) is 39.5 Å². The van der Waals surface area contributed by atoms with Crippen molar-refractivity contribution in [3.8, 4) is 11.1 Å². The number of H-pyrrole nitrogens is 1. The summed E-state index contributed by atoms with van der Waals surface area (Å²) in [6.45, 7) is 6.17.